The van der Waals surface area contributed by atoms with E-state index >= 15 is 0 Å². The highest BCUT2D eigenvalue weighted by Crippen LogP contribution is 2.23. The molecule has 1 aliphatic rings. The molecule has 1 aromatic carbocycles. The number of carbonyl (C=O) groups excluding carboxylic acids is 1. The van der Waals surface area contributed by atoms with E-state index in [-0.39, 0.29) is 18.0 Å². The minimum absolute atomic E-state index is 0.117. The number of amides is 1. The summed E-state index contributed by atoms with van der Waals surface area (Å²) < 4.78 is 0. The average Bonchev–Trinajstić information content (AvgIpc) is 2.40. The van der Waals surface area contributed by atoms with Gasteiger partial charge in [0.05, 0.1) is 0 Å². The van der Waals surface area contributed by atoms with Crippen molar-refractivity contribution in [3.05, 3.63) is 29.8 Å². The first kappa shape index (κ1) is 13.9. The summed E-state index contributed by atoms with van der Waals surface area (Å²) in [6.45, 7) is 5.71. The molecule has 104 valence electrons. The van der Waals surface area contributed by atoms with Crippen molar-refractivity contribution in [2.24, 2.45) is 0 Å². The largest absolute Gasteiger partial charge is 0.356 e. The van der Waals surface area contributed by atoms with Gasteiger partial charge in [-0.25, -0.2) is 0 Å². The van der Waals surface area contributed by atoms with Crippen LogP contribution in [0.15, 0.2) is 24.3 Å². The summed E-state index contributed by atoms with van der Waals surface area (Å²) in [6.07, 6.45) is 0. The molecule has 4 heteroatoms. The summed E-state index contributed by atoms with van der Waals surface area (Å²) >= 11 is 0. The second-order valence-electron chi connectivity index (χ2n) is 5.36. The van der Waals surface area contributed by atoms with Crippen molar-refractivity contribution in [1.82, 2.24) is 10.2 Å². The van der Waals surface area contributed by atoms with Crippen LogP contribution >= 0.6 is 0 Å². The number of nitrogens with zero attached hydrogens (tertiary/aromatic N) is 2. The van der Waals surface area contributed by atoms with E-state index in [1.165, 1.54) is 5.56 Å². The molecule has 2 rings (SSSR count). The van der Waals surface area contributed by atoms with Gasteiger partial charge < -0.3 is 15.1 Å². The second-order valence-corrected chi connectivity index (χ2v) is 5.36. The molecule has 1 amide bonds. The Kier molecular flexibility index (Phi) is 4.10. The minimum Gasteiger partial charge on any atom is -0.356 e. The minimum atomic E-state index is -0.117. The molecule has 0 radical (unpaired) electrons. The molecule has 4 nitrogen and oxygen atoms in total. The Morgan fingerprint density at radius 2 is 1.95 bits per heavy atom. The van der Waals surface area contributed by atoms with Crippen LogP contribution in [0.4, 0.5) is 5.69 Å². The maximum Gasteiger partial charge on any atom is 0.246 e. The van der Waals surface area contributed by atoms with Crippen LogP contribution < -0.4 is 10.2 Å². The zero-order valence-electron chi connectivity index (χ0n) is 12.2. The summed E-state index contributed by atoms with van der Waals surface area (Å²) in [5.41, 5.74) is 2.36. The number of hydrogen-bond acceptors (Lipinski definition) is 3. The number of aryl methyl sites for hydroxylation is 1. The SMILES string of the molecule is CNCC1C(=O)N(C)C(C)CN1c1ccc(C)cc1. The second kappa shape index (κ2) is 5.61. The highest BCUT2D eigenvalue weighted by Gasteiger charge is 2.36. The highest BCUT2D eigenvalue weighted by atomic mass is 16.2. The molecule has 1 fully saturated rings. The third-order valence-corrected chi connectivity index (χ3v) is 3.89. The first-order valence-corrected chi connectivity index (χ1v) is 6.79. The Morgan fingerprint density at radius 3 is 2.53 bits per heavy atom. The molecule has 0 aromatic heterocycles. The maximum absolute atomic E-state index is 12.4. The monoisotopic (exact) mass is 261 g/mol. The van der Waals surface area contributed by atoms with E-state index in [1.54, 1.807) is 0 Å². The maximum atomic E-state index is 12.4. The molecule has 0 saturated carbocycles. The Hall–Kier alpha value is -1.55. The molecule has 1 N–H and O–H groups in total. The van der Waals surface area contributed by atoms with Gasteiger partial charge in [-0.3, -0.25) is 4.79 Å². The lowest BCUT2D eigenvalue weighted by molar-refractivity contribution is -0.134. The summed E-state index contributed by atoms with van der Waals surface area (Å²) in [6, 6.07) is 8.52. The zero-order chi connectivity index (χ0) is 14.0. The van der Waals surface area contributed by atoms with Crippen molar-refractivity contribution in [3.63, 3.8) is 0 Å². The van der Waals surface area contributed by atoms with Gasteiger partial charge in [0.2, 0.25) is 5.91 Å². The molecular weight excluding hydrogens is 238 g/mol. The number of rotatable bonds is 3. The van der Waals surface area contributed by atoms with Gasteiger partial charge in [-0.05, 0) is 33.0 Å². The van der Waals surface area contributed by atoms with E-state index in [1.807, 2.05) is 19.0 Å². The Bertz CT molecular complexity index is 443. The fourth-order valence-corrected chi connectivity index (χ4v) is 2.53. The molecule has 1 aliphatic heterocycles. The molecule has 0 spiro atoms. The number of hydrogen-bond donors (Lipinski definition) is 1. The van der Waals surface area contributed by atoms with E-state index in [0.29, 0.717) is 6.54 Å². The predicted molar refractivity (Wildman–Crippen MR) is 78.5 cm³/mol. The van der Waals surface area contributed by atoms with Crippen molar-refractivity contribution in [3.8, 4) is 0 Å². The summed E-state index contributed by atoms with van der Waals surface area (Å²) in [7, 11) is 3.78. The van der Waals surface area contributed by atoms with Crippen LogP contribution in [0.5, 0.6) is 0 Å². The van der Waals surface area contributed by atoms with Crippen LogP contribution in [0.25, 0.3) is 0 Å². The molecule has 1 aromatic rings. The van der Waals surface area contributed by atoms with Crippen molar-refractivity contribution < 1.29 is 4.79 Å². The van der Waals surface area contributed by atoms with Crippen LogP contribution in [0.1, 0.15) is 12.5 Å². The Balaban J connectivity index is 2.29. The third kappa shape index (κ3) is 2.73. The summed E-state index contributed by atoms with van der Waals surface area (Å²) in [4.78, 5) is 16.5. The van der Waals surface area contributed by atoms with Crippen LogP contribution in [0.2, 0.25) is 0 Å². The van der Waals surface area contributed by atoms with E-state index in [2.05, 4.69) is 48.3 Å². The number of likely N-dealkylation sites (N-methyl/N-ethyl adjacent to an activating group) is 2. The van der Waals surface area contributed by atoms with Crippen LogP contribution in [-0.2, 0) is 4.79 Å². The molecule has 0 aliphatic carbocycles. The lowest BCUT2D eigenvalue weighted by Crippen LogP contribution is -2.62. The average molecular weight is 261 g/mol. The van der Waals surface area contributed by atoms with Gasteiger partial charge in [0.1, 0.15) is 6.04 Å². The first-order chi connectivity index (χ1) is 9.04. The molecule has 19 heavy (non-hydrogen) atoms. The van der Waals surface area contributed by atoms with Crippen LogP contribution in [-0.4, -0.2) is 50.1 Å². The third-order valence-electron chi connectivity index (χ3n) is 3.89. The van der Waals surface area contributed by atoms with Gasteiger partial charge in [0.15, 0.2) is 0 Å². The molecule has 1 saturated heterocycles. The van der Waals surface area contributed by atoms with Gasteiger partial charge >= 0.3 is 0 Å². The van der Waals surface area contributed by atoms with Gasteiger partial charge in [0, 0.05) is 31.9 Å². The molecule has 0 bridgehead atoms. The molecular formula is C15H23N3O. The Morgan fingerprint density at radius 1 is 1.32 bits per heavy atom. The van der Waals surface area contributed by atoms with Gasteiger partial charge in [-0.15, -0.1) is 0 Å². The molecule has 1 heterocycles. The van der Waals surface area contributed by atoms with Gasteiger partial charge in [-0.2, -0.15) is 0 Å². The fraction of sp³-hybridized carbons (Fsp3) is 0.533. The first-order valence-electron chi connectivity index (χ1n) is 6.79. The smallest absolute Gasteiger partial charge is 0.246 e. The van der Waals surface area contributed by atoms with Crippen molar-refractivity contribution in [2.45, 2.75) is 25.9 Å². The highest BCUT2D eigenvalue weighted by molar-refractivity contribution is 5.87. The standard InChI is InChI=1S/C15H23N3O/c1-11-5-7-13(8-6-11)18-10-12(2)17(4)15(19)14(18)9-16-3/h5-8,12,14,16H,9-10H2,1-4H3. The number of nitrogens with one attached hydrogen (secondary N) is 1. The Labute approximate surface area is 115 Å². The number of piperazine rings is 1. The van der Waals surface area contributed by atoms with Crippen LogP contribution in [0, 0.1) is 6.92 Å². The summed E-state index contributed by atoms with van der Waals surface area (Å²) in [5, 5.41) is 3.13. The predicted octanol–water partition coefficient (Wildman–Crippen LogP) is 1.25. The van der Waals surface area contributed by atoms with Gasteiger partial charge in [-0.1, -0.05) is 17.7 Å². The van der Waals surface area contributed by atoms with E-state index in [9.17, 15) is 4.79 Å². The van der Waals surface area contributed by atoms with E-state index < -0.39 is 0 Å². The zero-order valence-corrected chi connectivity index (χ0v) is 12.2. The normalized spacial score (nSPS) is 23.9. The van der Waals surface area contributed by atoms with Crippen molar-refractivity contribution >= 4 is 11.6 Å². The quantitative estimate of drug-likeness (QED) is 0.889. The molecule has 2 unspecified atom stereocenters. The van der Waals surface area contributed by atoms with E-state index in [0.717, 1.165) is 12.2 Å². The van der Waals surface area contributed by atoms with Crippen molar-refractivity contribution in [1.29, 1.82) is 0 Å². The number of benzene rings is 1. The number of anilines is 1. The summed E-state index contributed by atoms with van der Waals surface area (Å²) in [5.74, 6) is 0.189. The molecule has 2 atom stereocenters. The lowest BCUT2D eigenvalue weighted by Gasteiger charge is -2.44. The fourth-order valence-electron chi connectivity index (χ4n) is 2.53. The topological polar surface area (TPSA) is 35.6 Å². The number of carbonyl (C=O) groups is 1. The van der Waals surface area contributed by atoms with Crippen LogP contribution in [0.3, 0.4) is 0 Å². The van der Waals surface area contributed by atoms with Gasteiger partial charge in [0.25, 0.3) is 0 Å². The van der Waals surface area contributed by atoms with E-state index in [4.69, 9.17) is 0 Å². The van der Waals surface area contributed by atoms with Crippen molar-refractivity contribution in [2.75, 3.05) is 32.1 Å². The lowest BCUT2D eigenvalue weighted by atomic mass is 10.1.